The van der Waals surface area contributed by atoms with E-state index in [2.05, 4.69) is 0 Å². The Kier molecular flexibility index (Phi) is 3.60. The first kappa shape index (κ1) is 13.6. The summed E-state index contributed by atoms with van der Waals surface area (Å²) < 4.78 is 0. The van der Waals surface area contributed by atoms with E-state index in [1.807, 2.05) is 39.0 Å². The van der Waals surface area contributed by atoms with Crippen LogP contribution in [0.3, 0.4) is 0 Å². The van der Waals surface area contributed by atoms with Crippen molar-refractivity contribution in [1.29, 1.82) is 0 Å². The highest BCUT2D eigenvalue weighted by atomic mass is 16.4. The predicted octanol–water partition coefficient (Wildman–Crippen LogP) is 2.30. The fourth-order valence-electron chi connectivity index (χ4n) is 2.98. The van der Waals surface area contributed by atoms with Gasteiger partial charge in [0.25, 0.3) is 0 Å². The highest BCUT2D eigenvalue weighted by Crippen LogP contribution is 2.38. The summed E-state index contributed by atoms with van der Waals surface area (Å²) in [6, 6.07) is 5.67. The van der Waals surface area contributed by atoms with Crippen molar-refractivity contribution in [2.45, 2.75) is 33.2 Å². The van der Waals surface area contributed by atoms with Gasteiger partial charge in [-0.15, -0.1) is 0 Å². The molecule has 1 fully saturated rings. The third-order valence-corrected chi connectivity index (χ3v) is 3.68. The van der Waals surface area contributed by atoms with E-state index >= 15 is 0 Å². The van der Waals surface area contributed by atoms with Gasteiger partial charge in [-0.3, -0.25) is 9.59 Å². The van der Waals surface area contributed by atoms with Crippen molar-refractivity contribution in [3.8, 4) is 0 Å². The number of rotatable bonds is 3. The number of carbonyl (C=O) groups excluding carboxylic acids is 1. The fraction of sp³-hybridized carbons (Fsp3) is 0.467. The van der Waals surface area contributed by atoms with E-state index in [4.69, 9.17) is 0 Å². The van der Waals surface area contributed by atoms with Crippen LogP contribution < -0.4 is 0 Å². The lowest BCUT2D eigenvalue weighted by Gasteiger charge is -2.26. The zero-order chi connectivity index (χ0) is 14.2. The Morgan fingerprint density at radius 1 is 1.32 bits per heavy atom. The Bertz CT molecular complexity index is 504. The third-order valence-electron chi connectivity index (χ3n) is 3.68. The molecule has 0 saturated carbocycles. The lowest BCUT2D eigenvalue weighted by molar-refractivity contribution is -0.142. The van der Waals surface area contributed by atoms with Crippen molar-refractivity contribution < 1.29 is 14.7 Å². The molecule has 4 nitrogen and oxygen atoms in total. The smallest absolute Gasteiger partial charge is 0.309 e. The van der Waals surface area contributed by atoms with Crippen LogP contribution in [0, 0.1) is 19.8 Å². The summed E-state index contributed by atoms with van der Waals surface area (Å²) in [4.78, 5) is 25.0. The molecule has 0 bridgehead atoms. The minimum atomic E-state index is -0.895. The van der Waals surface area contributed by atoms with Crippen LogP contribution in [0.15, 0.2) is 18.2 Å². The number of hydrogen-bond acceptors (Lipinski definition) is 2. The van der Waals surface area contributed by atoms with Crippen molar-refractivity contribution in [3.63, 3.8) is 0 Å². The van der Waals surface area contributed by atoms with Crippen molar-refractivity contribution in [2.24, 2.45) is 5.92 Å². The molecule has 1 aromatic rings. The van der Waals surface area contributed by atoms with E-state index in [-0.39, 0.29) is 18.4 Å². The second-order valence-electron chi connectivity index (χ2n) is 5.19. The Morgan fingerprint density at radius 2 is 1.89 bits per heavy atom. The molecule has 19 heavy (non-hydrogen) atoms. The molecule has 1 aromatic carbocycles. The topological polar surface area (TPSA) is 57.6 Å². The van der Waals surface area contributed by atoms with Crippen molar-refractivity contribution >= 4 is 11.9 Å². The summed E-state index contributed by atoms with van der Waals surface area (Å²) in [6.07, 6.45) is 0.0980. The summed E-state index contributed by atoms with van der Waals surface area (Å²) in [7, 11) is 0. The average molecular weight is 261 g/mol. The number of benzene rings is 1. The van der Waals surface area contributed by atoms with E-state index in [9.17, 15) is 14.7 Å². The predicted molar refractivity (Wildman–Crippen MR) is 71.8 cm³/mol. The largest absolute Gasteiger partial charge is 0.481 e. The van der Waals surface area contributed by atoms with E-state index in [1.165, 1.54) is 0 Å². The first-order valence-electron chi connectivity index (χ1n) is 6.54. The first-order chi connectivity index (χ1) is 8.93. The van der Waals surface area contributed by atoms with Gasteiger partial charge < -0.3 is 10.0 Å². The number of carboxylic acids is 1. The van der Waals surface area contributed by atoms with Gasteiger partial charge in [0, 0.05) is 13.0 Å². The molecule has 2 unspecified atom stereocenters. The molecule has 0 spiro atoms. The van der Waals surface area contributed by atoms with Crippen LogP contribution in [0.25, 0.3) is 0 Å². The lowest BCUT2D eigenvalue weighted by atomic mass is 9.91. The second-order valence-corrected chi connectivity index (χ2v) is 5.19. The molecule has 1 aliphatic rings. The monoisotopic (exact) mass is 261 g/mol. The van der Waals surface area contributed by atoms with Gasteiger partial charge in [0.2, 0.25) is 5.91 Å². The Hall–Kier alpha value is -1.84. The molecule has 1 saturated heterocycles. The number of aliphatic carboxylic acids is 1. The van der Waals surface area contributed by atoms with Gasteiger partial charge in [0.1, 0.15) is 0 Å². The van der Waals surface area contributed by atoms with Gasteiger partial charge in [0.05, 0.1) is 12.0 Å². The van der Waals surface area contributed by atoms with Crippen LogP contribution in [0.5, 0.6) is 0 Å². The summed E-state index contributed by atoms with van der Waals surface area (Å²) in [5.41, 5.74) is 3.11. The van der Waals surface area contributed by atoms with Gasteiger partial charge in [-0.05, 0) is 26.3 Å². The van der Waals surface area contributed by atoms with Crippen LogP contribution in [0.2, 0.25) is 0 Å². The molecular weight excluding hydrogens is 242 g/mol. The molecule has 2 rings (SSSR count). The molecule has 1 N–H and O–H groups in total. The Morgan fingerprint density at radius 3 is 2.37 bits per heavy atom. The van der Waals surface area contributed by atoms with Gasteiger partial charge in [-0.1, -0.05) is 29.3 Å². The Balaban J connectivity index is 2.47. The quantitative estimate of drug-likeness (QED) is 0.908. The van der Waals surface area contributed by atoms with Crippen LogP contribution in [-0.4, -0.2) is 28.4 Å². The van der Waals surface area contributed by atoms with Gasteiger partial charge >= 0.3 is 5.97 Å². The summed E-state index contributed by atoms with van der Waals surface area (Å²) >= 11 is 0. The minimum Gasteiger partial charge on any atom is -0.481 e. The number of carbonyl (C=O) groups is 2. The van der Waals surface area contributed by atoms with Crippen molar-refractivity contribution in [2.75, 3.05) is 6.54 Å². The highest BCUT2D eigenvalue weighted by molar-refractivity contribution is 5.87. The molecule has 0 aliphatic carbocycles. The molecule has 0 aromatic heterocycles. The number of nitrogens with zero attached hydrogens (tertiary/aromatic N) is 1. The molecule has 1 aliphatic heterocycles. The van der Waals surface area contributed by atoms with E-state index in [0.29, 0.717) is 6.54 Å². The fourth-order valence-corrected chi connectivity index (χ4v) is 2.98. The van der Waals surface area contributed by atoms with Gasteiger partial charge in [-0.25, -0.2) is 0 Å². The van der Waals surface area contributed by atoms with Crippen molar-refractivity contribution in [3.05, 3.63) is 34.9 Å². The normalized spacial score (nSPS) is 22.9. The maximum Gasteiger partial charge on any atom is 0.309 e. The number of aryl methyl sites for hydroxylation is 2. The van der Waals surface area contributed by atoms with Crippen LogP contribution in [0.4, 0.5) is 0 Å². The van der Waals surface area contributed by atoms with Gasteiger partial charge in [-0.2, -0.15) is 0 Å². The Labute approximate surface area is 113 Å². The number of likely N-dealkylation sites (tertiary alicyclic amines) is 1. The van der Waals surface area contributed by atoms with E-state index in [0.717, 1.165) is 16.7 Å². The summed E-state index contributed by atoms with van der Waals surface area (Å²) in [5, 5.41) is 9.34. The van der Waals surface area contributed by atoms with E-state index < -0.39 is 11.9 Å². The lowest BCUT2D eigenvalue weighted by Crippen LogP contribution is -2.30. The maximum absolute atomic E-state index is 11.9. The molecule has 1 amide bonds. The van der Waals surface area contributed by atoms with Gasteiger partial charge in [0.15, 0.2) is 0 Å². The SMILES string of the molecule is CCN1C(=O)CC(C(=O)O)C1c1cc(C)cc(C)c1. The van der Waals surface area contributed by atoms with Crippen LogP contribution in [0.1, 0.15) is 36.1 Å². The molecule has 102 valence electrons. The summed E-state index contributed by atoms with van der Waals surface area (Å²) in [5.74, 6) is -1.61. The first-order valence-corrected chi connectivity index (χ1v) is 6.54. The van der Waals surface area contributed by atoms with Crippen molar-refractivity contribution in [1.82, 2.24) is 4.90 Å². The molecule has 1 heterocycles. The molecule has 0 radical (unpaired) electrons. The maximum atomic E-state index is 11.9. The van der Waals surface area contributed by atoms with E-state index in [1.54, 1.807) is 4.90 Å². The molecule has 2 atom stereocenters. The van der Waals surface area contributed by atoms with Crippen LogP contribution >= 0.6 is 0 Å². The third kappa shape index (κ3) is 2.48. The zero-order valence-corrected chi connectivity index (χ0v) is 11.5. The molecule has 4 heteroatoms. The number of carboxylic acid groups (broad SMARTS) is 1. The van der Waals surface area contributed by atoms with Crippen LogP contribution in [-0.2, 0) is 9.59 Å². The standard InChI is InChI=1S/C15H19NO3/c1-4-16-13(17)8-12(15(18)19)14(16)11-6-9(2)5-10(3)7-11/h5-7,12,14H,4,8H2,1-3H3,(H,18,19). The second kappa shape index (κ2) is 5.03. The zero-order valence-electron chi connectivity index (χ0n) is 11.5. The highest BCUT2D eigenvalue weighted by Gasteiger charge is 2.43. The summed E-state index contributed by atoms with van der Waals surface area (Å²) in [6.45, 7) is 6.40. The minimum absolute atomic E-state index is 0.0703. The average Bonchev–Trinajstić information content (AvgIpc) is 2.64. The number of hydrogen-bond donors (Lipinski definition) is 1. The molecular formula is C15H19NO3. The number of amides is 1.